The fraction of sp³-hybridized carbons (Fsp3) is 0.750. The van der Waals surface area contributed by atoms with Crippen molar-refractivity contribution in [2.45, 2.75) is 73.3 Å². The van der Waals surface area contributed by atoms with Crippen LogP contribution >= 0.6 is 0 Å². The van der Waals surface area contributed by atoms with E-state index in [1.807, 2.05) is 0 Å². The van der Waals surface area contributed by atoms with Crippen LogP contribution in [0.25, 0.3) is 0 Å². The van der Waals surface area contributed by atoms with Gasteiger partial charge in [0.15, 0.2) is 0 Å². The average Bonchev–Trinajstić information content (AvgIpc) is 2.26. The van der Waals surface area contributed by atoms with Gasteiger partial charge < -0.3 is 5.11 Å². The van der Waals surface area contributed by atoms with E-state index in [4.69, 9.17) is 0 Å². The van der Waals surface area contributed by atoms with Crippen LogP contribution in [0.15, 0.2) is 23.3 Å². The van der Waals surface area contributed by atoms with E-state index in [0.29, 0.717) is 0 Å². The van der Waals surface area contributed by atoms with Crippen LogP contribution in [0.5, 0.6) is 0 Å². The highest BCUT2D eigenvalue weighted by molar-refractivity contribution is 5.14. The monoisotopic (exact) mass is 238 g/mol. The summed E-state index contributed by atoms with van der Waals surface area (Å²) < 4.78 is 0. The van der Waals surface area contributed by atoms with Gasteiger partial charge in [-0.25, -0.2) is 0 Å². The molecule has 0 amide bonds. The highest BCUT2D eigenvalue weighted by Crippen LogP contribution is 2.22. The van der Waals surface area contributed by atoms with Crippen LogP contribution in [0.4, 0.5) is 0 Å². The second-order valence-corrected chi connectivity index (χ2v) is 5.88. The number of hydrogen-bond donors (Lipinski definition) is 1. The smallest absolute Gasteiger partial charge is 0.0622 e. The summed E-state index contributed by atoms with van der Waals surface area (Å²) in [5, 5.41) is 9.90. The lowest BCUT2D eigenvalue weighted by molar-refractivity contribution is 0.0659. The summed E-state index contributed by atoms with van der Waals surface area (Å²) in [5.41, 5.74) is 3.02. The molecule has 0 aliphatic heterocycles. The van der Waals surface area contributed by atoms with Crippen molar-refractivity contribution in [1.29, 1.82) is 0 Å². The first-order chi connectivity index (χ1) is 7.82. The minimum atomic E-state index is -0.250. The molecule has 0 aliphatic carbocycles. The zero-order valence-corrected chi connectivity index (χ0v) is 12.5. The second-order valence-electron chi connectivity index (χ2n) is 5.88. The van der Waals surface area contributed by atoms with Gasteiger partial charge in [-0.15, -0.1) is 0 Å². The van der Waals surface area contributed by atoms with Gasteiger partial charge in [-0.3, -0.25) is 0 Å². The van der Waals surface area contributed by atoms with E-state index >= 15 is 0 Å². The molecule has 100 valence electrons. The van der Waals surface area contributed by atoms with Crippen molar-refractivity contribution in [3.8, 4) is 0 Å². The Balaban J connectivity index is 4.21. The highest BCUT2D eigenvalue weighted by Gasteiger charge is 2.20. The lowest BCUT2D eigenvalue weighted by Crippen LogP contribution is -2.24. The zero-order chi connectivity index (χ0) is 13.5. The molecular weight excluding hydrogens is 208 g/mol. The molecule has 0 fully saturated rings. The second kappa shape index (κ2) is 7.71. The van der Waals surface area contributed by atoms with Crippen LogP contribution in [0.3, 0.4) is 0 Å². The van der Waals surface area contributed by atoms with Crippen molar-refractivity contribution in [3.05, 3.63) is 23.3 Å². The molecule has 0 aromatic heterocycles. The molecule has 0 rings (SSSR count). The van der Waals surface area contributed by atoms with Crippen LogP contribution < -0.4 is 0 Å². The summed E-state index contributed by atoms with van der Waals surface area (Å²) in [7, 11) is 0. The third-order valence-electron chi connectivity index (χ3n) is 3.45. The third-order valence-corrected chi connectivity index (χ3v) is 3.45. The third kappa shape index (κ3) is 6.68. The maximum absolute atomic E-state index is 9.90. The standard InChI is InChI=1S/C16H30O/c1-7-13(3)14(8-2)11-9-10-12-15(17)16(4,5)6/h9-10,15,17H,7-8,11-12H2,1-6H3/b10-9+,14-13+. The largest absolute Gasteiger partial charge is 0.392 e. The SMILES string of the molecule is CC/C(C)=C(\CC)C/C=C/CC(O)C(C)(C)C. The van der Waals surface area contributed by atoms with Crippen LogP contribution in [0.2, 0.25) is 0 Å². The fourth-order valence-corrected chi connectivity index (χ4v) is 1.67. The van der Waals surface area contributed by atoms with E-state index in [1.54, 1.807) is 0 Å². The first kappa shape index (κ1) is 16.4. The van der Waals surface area contributed by atoms with Crippen LogP contribution in [-0.4, -0.2) is 11.2 Å². The maximum atomic E-state index is 9.90. The Morgan fingerprint density at radius 1 is 1.12 bits per heavy atom. The number of aliphatic hydroxyl groups excluding tert-OH is 1. The van der Waals surface area contributed by atoms with Gasteiger partial charge in [-0.2, -0.15) is 0 Å². The first-order valence-electron chi connectivity index (χ1n) is 6.83. The Kier molecular flexibility index (Phi) is 7.45. The lowest BCUT2D eigenvalue weighted by atomic mass is 9.87. The number of allylic oxidation sites excluding steroid dienone is 3. The fourth-order valence-electron chi connectivity index (χ4n) is 1.67. The molecule has 0 bridgehead atoms. The molecule has 0 saturated carbocycles. The summed E-state index contributed by atoms with van der Waals surface area (Å²) in [6.45, 7) is 12.9. The van der Waals surface area contributed by atoms with E-state index in [1.165, 1.54) is 11.1 Å². The Labute approximate surface area is 108 Å². The van der Waals surface area contributed by atoms with Crippen LogP contribution in [0.1, 0.15) is 67.2 Å². The Morgan fingerprint density at radius 3 is 2.12 bits per heavy atom. The molecule has 0 heterocycles. The molecule has 1 N–H and O–H groups in total. The molecule has 0 spiro atoms. The predicted molar refractivity (Wildman–Crippen MR) is 77.1 cm³/mol. The molecule has 1 heteroatoms. The van der Waals surface area contributed by atoms with Gasteiger partial charge in [0.1, 0.15) is 0 Å². The quantitative estimate of drug-likeness (QED) is 0.655. The van der Waals surface area contributed by atoms with Gasteiger partial charge in [0, 0.05) is 0 Å². The predicted octanol–water partition coefficient (Wildman–Crippen LogP) is 4.87. The van der Waals surface area contributed by atoms with Gasteiger partial charge in [0.05, 0.1) is 6.10 Å². The normalized spacial score (nSPS) is 16.2. The van der Waals surface area contributed by atoms with E-state index in [9.17, 15) is 5.11 Å². The highest BCUT2D eigenvalue weighted by atomic mass is 16.3. The van der Waals surface area contributed by atoms with E-state index in [-0.39, 0.29) is 11.5 Å². The summed E-state index contributed by atoms with van der Waals surface area (Å²) in [4.78, 5) is 0. The average molecular weight is 238 g/mol. The topological polar surface area (TPSA) is 20.2 Å². The van der Waals surface area contributed by atoms with Gasteiger partial charge in [-0.1, -0.05) is 57.9 Å². The Bertz CT molecular complexity index is 266. The van der Waals surface area contributed by atoms with Gasteiger partial charge in [-0.05, 0) is 38.0 Å². The van der Waals surface area contributed by atoms with Gasteiger partial charge >= 0.3 is 0 Å². The molecular formula is C16H30O. The van der Waals surface area contributed by atoms with Crippen molar-refractivity contribution in [3.63, 3.8) is 0 Å². The molecule has 0 saturated heterocycles. The van der Waals surface area contributed by atoms with Crippen molar-refractivity contribution < 1.29 is 5.11 Å². The number of hydrogen-bond acceptors (Lipinski definition) is 1. The van der Waals surface area contributed by atoms with Crippen LogP contribution in [0, 0.1) is 5.41 Å². The minimum absolute atomic E-state index is 0.0207. The molecule has 0 aromatic carbocycles. The Morgan fingerprint density at radius 2 is 1.71 bits per heavy atom. The maximum Gasteiger partial charge on any atom is 0.0622 e. The van der Waals surface area contributed by atoms with Crippen molar-refractivity contribution in [2.75, 3.05) is 0 Å². The summed E-state index contributed by atoms with van der Waals surface area (Å²) in [6.07, 6.45) is 8.13. The van der Waals surface area contributed by atoms with Crippen molar-refractivity contribution >= 4 is 0 Å². The first-order valence-corrected chi connectivity index (χ1v) is 6.83. The zero-order valence-electron chi connectivity index (χ0n) is 12.5. The van der Waals surface area contributed by atoms with Crippen molar-refractivity contribution in [2.24, 2.45) is 5.41 Å². The van der Waals surface area contributed by atoms with E-state index in [0.717, 1.165) is 25.7 Å². The molecule has 1 unspecified atom stereocenters. The number of rotatable bonds is 6. The summed E-state index contributed by atoms with van der Waals surface area (Å²) in [5.74, 6) is 0. The number of aliphatic hydroxyl groups is 1. The Hall–Kier alpha value is -0.560. The van der Waals surface area contributed by atoms with Crippen LogP contribution in [-0.2, 0) is 0 Å². The van der Waals surface area contributed by atoms with E-state index < -0.39 is 0 Å². The molecule has 0 aliphatic rings. The molecule has 17 heavy (non-hydrogen) atoms. The molecule has 0 aromatic rings. The van der Waals surface area contributed by atoms with Gasteiger partial charge in [0.25, 0.3) is 0 Å². The summed E-state index contributed by atoms with van der Waals surface area (Å²) >= 11 is 0. The molecule has 1 nitrogen and oxygen atoms in total. The molecule has 0 radical (unpaired) electrons. The molecule has 1 atom stereocenters. The van der Waals surface area contributed by atoms with E-state index in [2.05, 4.69) is 53.7 Å². The minimum Gasteiger partial charge on any atom is -0.392 e. The van der Waals surface area contributed by atoms with Gasteiger partial charge in [0.2, 0.25) is 0 Å². The lowest BCUT2D eigenvalue weighted by Gasteiger charge is -2.24. The summed E-state index contributed by atoms with van der Waals surface area (Å²) in [6, 6.07) is 0. The van der Waals surface area contributed by atoms with Crippen molar-refractivity contribution in [1.82, 2.24) is 0 Å².